The van der Waals surface area contributed by atoms with Crippen molar-refractivity contribution in [2.24, 2.45) is 0 Å². The summed E-state index contributed by atoms with van der Waals surface area (Å²) in [5, 5.41) is 10.1. The van der Waals surface area contributed by atoms with Gasteiger partial charge in [0.25, 0.3) is 10.0 Å². The summed E-state index contributed by atoms with van der Waals surface area (Å²) in [4.78, 5) is 10.8. The minimum atomic E-state index is -3.74. The topological polar surface area (TPSA) is 83.5 Å². The average molecular weight is 390 g/mol. The van der Waals surface area contributed by atoms with Gasteiger partial charge in [-0.25, -0.2) is 17.9 Å². The number of sulfonamides is 1. The monoisotopic (exact) mass is 389 g/mol. The second-order valence-corrected chi connectivity index (χ2v) is 8.13. The molecule has 2 rings (SSSR count). The van der Waals surface area contributed by atoms with Gasteiger partial charge in [-0.3, -0.25) is 0 Å². The van der Waals surface area contributed by atoms with E-state index in [0.717, 1.165) is 27.4 Å². The van der Waals surface area contributed by atoms with Crippen LogP contribution < -0.4 is 4.72 Å². The van der Waals surface area contributed by atoms with E-state index < -0.39 is 22.0 Å². The highest BCUT2D eigenvalue weighted by Gasteiger charge is 2.21. The molecule has 0 aliphatic carbocycles. The van der Waals surface area contributed by atoms with Gasteiger partial charge in [0.1, 0.15) is 4.21 Å². The summed E-state index contributed by atoms with van der Waals surface area (Å²) < 4.78 is 27.8. The van der Waals surface area contributed by atoms with Crippen molar-refractivity contribution in [3.63, 3.8) is 0 Å². The van der Waals surface area contributed by atoms with Crippen LogP contribution in [0.25, 0.3) is 0 Å². The Morgan fingerprint density at radius 3 is 2.67 bits per heavy atom. The normalized spacial score (nSPS) is 13.0. The third kappa shape index (κ3) is 3.91. The molecular weight excluding hydrogens is 378 g/mol. The molecule has 2 aromatic rings. The molecule has 2 N–H and O–H groups in total. The summed E-state index contributed by atoms with van der Waals surface area (Å²) in [6.45, 7) is 1.73. The Bertz CT molecular complexity index is 770. The fourth-order valence-electron chi connectivity index (χ4n) is 1.70. The third-order valence-electron chi connectivity index (χ3n) is 2.77. The Morgan fingerprint density at radius 2 is 2.10 bits per heavy atom. The highest BCUT2D eigenvalue weighted by Crippen LogP contribution is 2.24. The molecule has 0 aliphatic rings. The number of hydrogen-bond donors (Lipinski definition) is 2. The summed E-state index contributed by atoms with van der Waals surface area (Å²) in [5.41, 5.74) is 0.776. The van der Waals surface area contributed by atoms with Crippen molar-refractivity contribution in [3.05, 3.63) is 51.3 Å². The van der Waals surface area contributed by atoms with Crippen LogP contribution in [0.5, 0.6) is 0 Å². The highest BCUT2D eigenvalue weighted by atomic mass is 79.9. The van der Waals surface area contributed by atoms with Crippen LogP contribution in [-0.2, 0) is 10.0 Å². The first-order valence-electron chi connectivity index (χ1n) is 5.89. The molecule has 0 fully saturated rings. The van der Waals surface area contributed by atoms with Crippen molar-refractivity contribution in [3.8, 4) is 0 Å². The van der Waals surface area contributed by atoms with E-state index >= 15 is 0 Å². The zero-order valence-electron chi connectivity index (χ0n) is 10.9. The molecule has 0 bridgehead atoms. The van der Waals surface area contributed by atoms with Gasteiger partial charge < -0.3 is 5.11 Å². The minimum absolute atomic E-state index is 0.0123. The Hall–Kier alpha value is -1.22. The molecular formula is C13H12BrNO4S2. The number of aromatic carboxylic acids is 1. The first-order valence-corrected chi connectivity index (χ1v) is 9.05. The van der Waals surface area contributed by atoms with Crippen molar-refractivity contribution in [2.45, 2.75) is 17.2 Å². The summed E-state index contributed by atoms with van der Waals surface area (Å²) in [6.07, 6.45) is 0. The first kappa shape index (κ1) is 16.2. The van der Waals surface area contributed by atoms with E-state index in [1.165, 1.54) is 5.38 Å². The van der Waals surface area contributed by atoms with Crippen molar-refractivity contribution in [2.75, 3.05) is 0 Å². The Balaban J connectivity index is 2.22. The van der Waals surface area contributed by atoms with Gasteiger partial charge >= 0.3 is 5.97 Å². The lowest BCUT2D eigenvalue weighted by Crippen LogP contribution is -2.26. The van der Waals surface area contributed by atoms with Gasteiger partial charge in [-0.15, -0.1) is 11.3 Å². The lowest BCUT2D eigenvalue weighted by molar-refractivity contribution is 0.0697. The molecule has 0 radical (unpaired) electrons. The summed E-state index contributed by atoms with van der Waals surface area (Å²) in [7, 11) is -3.74. The molecule has 21 heavy (non-hydrogen) atoms. The van der Waals surface area contributed by atoms with Gasteiger partial charge in [0.15, 0.2) is 0 Å². The third-order valence-corrected chi connectivity index (χ3v) is 6.24. The maximum Gasteiger partial charge on any atom is 0.336 e. The molecule has 0 amide bonds. The standard InChI is InChI=1S/C13H12BrNO4S2/c1-8(9-3-2-4-11(14)5-9)15-21(18,19)12-6-10(7-20-12)13(16)17/h2-8,15H,1H3,(H,16,17)/t8-/m0/s1. The largest absolute Gasteiger partial charge is 0.478 e. The van der Waals surface area contributed by atoms with Crippen LogP contribution in [0.2, 0.25) is 0 Å². The van der Waals surface area contributed by atoms with E-state index in [-0.39, 0.29) is 9.77 Å². The first-order chi connectivity index (χ1) is 9.79. The van der Waals surface area contributed by atoms with Crippen LogP contribution in [-0.4, -0.2) is 19.5 Å². The number of carbonyl (C=O) groups is 1. The van der Waals surface area contributed by atoms with Crippen LogP contribution in [0.4, 0.5) is 0 Å². The smallest absolute Gasteiger partial charge is 0.336 e. The molecule has 1 aromatic heterocycles. The lowest BCUT2D eigenvalue weighted by atomic mass is 10.1. The van der Waals surface area contributed by atoms with Gasteiger partial charge in [-0.1, -0.05) is 28.1 Å². The number of carboxylic acids is 1. The van der Waals surface area contributed by atoms with E-state index in [1.807, 2.05) is 24.3 Å². The van der Waals surface area contributed by atoms with E-state index in [9.17, 15) is 13.2 Å². The molecule has 112 valence electrons. The zero-order valence-corrected chi connectivity index (χ0v) is 14.1. The van der Waals surface area contributed by atoms with E-state index in [0.29, 0.717) is 0 Å². The second kappa shape index (κ2) is 6.27. The lowest BCUT2D eigenvalue weighted by Gasteiger charge is -2.14. The predicted molar refractivity (Wildman–Crippen MR) is 84.2 cm³/mol. The number of rotatable bonds is 5. The van der Waals surface area contributed by atoms with Gasteiger partial charge in [-0.05, 0) is 30.7 Å². The molecule has 0 unspecified atom stereocenters. The zero-order chi connectivity index (χ0) is 15.6. The maximum absolute atomic E-state index is 12.2. The molecule has 1 aromatic carbocycles. The molecule has 0 saturated carbocycles. The second-order valence-electron chi connectivity index (χ2n) is 4.36. The van der Waals surface area contributed by atoms with Gasteiger partial charge in [-0.2, -0.15) is 0 Å². The van der Waals surface area contributed by atoms with Gasteiger partial charge in [0.05, 0.1) is 5.56 Å². The van der Waals surface area contributed by atoms with Crippen molar-refractivity contribution >= 4 is 43.3 Å². The van der Waals surface area contributed by atoms with Crippen molar-refractivity contribution in [1.82, 2.24) is 4.72 Å². The van der Waals surface area contributed by atoms with E-state index in [4.69, 9.17) is 5.11 Å². The number of thiophene rings is 1. The number of nitrogens with one attached hydrogen (secondary N) is 1. The molecule has 0 spiro atoms. The van der Waals surface area contributed by atoms with Crippen LogP contribution in [0.1, 0.15) is 28.9 Å². The Kier molecular flexibility index (Phi) is 4.82. The number of carboxylic acid groups (broad SMARTS) is 1. The summed E-state index contributed by atoms with van der Waals surface area (Å²) in [5.74, 6) is -1.15. The Labute approximate surface area is 134 Å². The SMILES string of the molecule is C[C@H](NS(=O)(=O)c1cc(C(=O)O)cs1)c1cccc(Br)c1. The van der Waals surface area contributed by atoms with Gasteiger partial charge in [0, 0.05) is 15.9 Å². The van der Waals surface area contributed by atoms with Crippen LogP contribution >= 0.6 is 27.3 Å². The van der Waals surface area contributed by atoms with Crippen LogP contribution in [0.3, 0.4) is 0 Å². The maximum atomic E-state index is 12.2. The Morgan fingerprint density at radius 1 is 1.38 bits per heavy atom. The number of hydrogen-bond acceptors (Lipinski definition) is 4. The molecule has 1 heterocycles. The quantitative estimate of drug-likeness (QED) is 0.821. The predicted octanol–water partition coefficient (Wildman–Crippen LogP) is 3.25. The molecule has 0 aliphatic heterocycles. The van der Waals surface area contributed by atoms with Crippen molar-refractivity contribution in [1.29, 1.82) is 0 Å². The fourth-order valence-corrected chi connectivity index (χ4v) is 4.52. The van der Waals surface area contributed by atoms with Gasteiger partial charge in [0.2, 0.25) is 0 Å². The van der Waals surface area contributed by atoms with Crippen molar-refractivity contribution < 1.29 is 18.3 Å². The number of halogens is 1. The van der Waals surface area contributed by atoms with Crippen LogP contribution in [0.15, 0.2) is 44.4 Å². The average Bonchev–Trinajstić information content (AvgIpc) is 2.88. The molecule has 0 saturated heterocycles. The molecule has 8 heteroatoms. The minimum Gasteiger partial charge on any atom is -0.478 e. The van der Waals surface area contributed by atoms with Crippen LogP contribution in [0, 0.1) is 0 Å². The molecule has 1 atom stereocenters. The van der Waals surface area contributed by atoms with E-state index in [1.54, 1.807) is 6.92 Å². The van der Waals surface area contributed by atoms with E-state index in [2.05, 4.69) is 20.7 Å². The summed E-state index contributed by atoms with van der Waals surface area (Å²) >= 11 is 4.22. The fraction of sp³-hybridized carbons (Fsp3) is 0.154. The number of benzene rings is 1. The summed E-state index contributed by atoms with van der Waals surface area (Å²) in [6, 6.07) is 8.03. The highest BCUT2D eigenvalue weighted by molar-refractivity contribution is 9.10. The molecule has 5 nitrogen and oxygen atoms in total.